The highest BCUT2D eigenvalue weighted by Gasteiger charge is 2.27. The fraction of sp³-hybridized carbons (Fsp3) is 0.791. The Labute approximate surface area is 476 Å². The molecule has 77 heavy (non-hydrogen) atoms. The Morgan fingerprint density at radius 2 is 0.792 bits per heavy atom. The lowest BCUT2D eigenvalue weighted by Gasteiger charge is -2.30. The summed E-state index contributed by atoms with van der Waals surface area (Å²) in [5, 5.41) is 3.03. The number of phosphoric ester groups is 1. The molecule has 9 nitrogen and oxygen atoms in total. The quantitative estimate of drug-likeness (QED) is 0.0212. The molecule has 0 radical (unpaired) electrons. The number of hydrogen-bond donors (Lipinski definition) is 1. The number of carbonyl (C=O) groups excluding carboxylic acids is 2. The van der Waals surface area contributed by atoms with Crippen LogP contribution < -0.4 is 10.2 Å². The van der Waals surface area contributed by atoms with Gasteiger partial charge < -0.3 is 28.5 Å². The van der Waals surface area contributed by atoms with Crippen molar-refractivity contribution in [2.45, 2.75) is 303 Å². The van der Waals surface area contributed by atoms with Gasteiger partial charge >= 0.3 is 5.97 Å². The van der Waals surface area contributed by atoms with Crippen LogP contribution in [0.25, 0.3) is 0 Å². The zero-order valence-corrected chi connectivity index (χ0v) is 52.0. The van der Waals surface area contributed by atoms with E-state index in [-0.39, 0.29) is 24.9 Å². The zero-order chi connectivity index (χ0) is 56.4. The van der Waals surface area contributed by atoms with Crippen molar-refractivity contribution in [3.8, 4) is 0 Å². The van der Waals surface area contributed by atoms with Crippen molar-refractivity contribution < 1.29 is 37.3 Å². The lowest BCUT2D eigenvalue weighted by Crippen LogP contribution is -2.47. The number of likely N-dealkylation sites (N-methyl/N-ethyl adjacent to an activating group) is 1. The van der Waals surface area contributed by atoms with Gasteiger partial charge in [0.1, 0.15) is 19.3 Å². The fourth-order valence-electron chi connectivity index (χ4n) is 9.09. The summed E-state index contributed by atoms with van der Waals surface area (Å²) >= 11 is 0. The van der Waals surface area contributed by atoms with Crippen LogP contribution in [0.4, 0.5) is 0 Å². The number of quaternary nitrogens is 1. The molecule has 0 aromatic carbocycles. The minimum absolute atomic E-state index is 0.0272. The number of allylic oxidation sites excluding steroid dienone is 11. The Hall–Kier alpha value is -2.55. The van der Waals surface area contributed by atoms with Crippen molar-refractivity contribution >= 4 is 19.7 Å². The highest BCUT2D eigenvalue weighted by atomic mass is 31.2. The van der Waals surface area contributed by atoms with Gasteiger partial charge in [-0.3, -0.25) is 14.2 Å². The van der Waals surface area contributed by atoms with Gasteiger partial charge in [0.2, 0.25) is 5.91 Å². The molecule has 0 fully saturated rings. The summed E-state index contributed by atoms with van der Waals surface area (Å²) in [7, 11) is 1.17. The number of ether oxygens (including phenoxy) is 1. The molecule has 0 aromatic rings. The van der Waals surface area contributed by atoms with E-state index in [4.69, 9.17) is 13.8 Å². The fourth-order valence-corrected chi connectivity index (χ4v) is 9.81. The van der Waals surface area contributed by atoms with E-state index in [0.717, 1.165) is 103 Å². The third-order valence-electron chi connectivity index (χ3n) is 14.1. The number of esters is 1. The highest BCUT2D eigenvalue weighted by Crippen LogP contribution is 2.38. The lowest BCUT2D eigenvalue weighted by atomic mass is 10.0. The molecule has 10 heteroatoms. The second-order valence-electron chi connectivity index (χ2n) is 22.9. The first kappa shape index (κ1) is 74.5. The first-order valence-electron chi connectivity index (χ1n) is 32.2. The molecule has 0 spiro atoms. The Morgan fingerprint density at radius 1 is 0.455 bits per heavy atom. The zero-order valence-electron chi connectivity index (χ0n) is 51.2. The maximum atomic E-state index is 13.5. The van der Waals surface area contributed by atoms with Gasteiger partial charge in [-0.2, -0.15) is 0 Å². The van der Waals surface area contributed by atoms with E-state index in [1.54, 1.807) is 0 Å². The SMILES string of the molecule is CCCCC/C=C\C/C=C\C/C=C\CCCCCCCCCCC(=O)OC(/C=C/CCCCCCCCCCCCC)C(COP(=O)([O-])OCC[N+](C)(C)C)NC(=O)CCCCCCCCC/C=C\C/C=C\CCCCC. The average Bonchev–Trinajstić information content (AvgIpc) is 3.39. The van der Waals surface area contributed by atoms with Gasteiger partial charge in [-0.1, -0.05) is 248 Å². The molecule has 1 amide bonds. The summed E-state index contributed by atoms with van der Waals surface area (Å²) < 4.78 is 30.4. The van der Waals surface area contributed by atoms with Gasteiger partial charge in [-0.05, 0) is 102 Å². The molecule has 3 unspecified atom stereocenters. The van der Waals surface area contributed by atoms with Crippen molar-refractivity contribution in [1.29, 1.82) is 0 Å². The first-order chi connectivity index (χ1) is 37.4. The Kier molecular flexibility index (Phi) is 54.8. The Morgan fingerprint density at radius 3 is 1.21 bits per heavy atom. The van der Waals surface area contributed by atoms with Crippen LogP contribution >= 0.6 is 7.82 Å². The topological polar surface area (TPSA) is 114 Å². The molecule has 0 saturated heterocycles. The van der Waals surface area contributed by atoms with Gasteiger partial charge in [0.25, 0.3) is 7.82 Å². The summed E-state index contributed by atoms with van der Waals surface area (Å²) in [6.45, 7) is 6.80. The van der Waals surface area contributed by atoms with Gasteiger partial charge in [0.05, 0.1) is 33.8 Å². The molecular formula is C67H123N2O7P. The smallest absolute Gasteiger partial charge is 0.306 e. The van der Waals surface area contributed by atoms with Crippen LogP contribution in [0.3, 0.4) is 0 Å². The van der Waals surface area contributed by atoms with Gasteiger partial charge in [-0.15, -0.1) is 0 Å². The van der Waals surface area contributed by atoms with E-state index in [1.165, 1.54) is 154 Å². The molecular weight excluding hydrogens is 976 g/mol. The van der Waals surface area contributed by atoms with E-state index in [9.17, 15) is 19.0 Å². The van der Waals surface area contributed by atoms with E-state index in [2.05, 4.69) is 86.8 Å². The van der Waals surface area contributed by atoms with Gasteiger partial charge in [-0.25, -0.2) is 0 Å². The van der Waals surface area contributed by atoms with E-state index in [1.807, 2.05) is 33.3 Å². The number of unbranched alkanes of at least 4 members (excludes halogenated alkanes) is 32. The Bertz CT molecular complexity index is 1550. The van der Waals surface area contributed by atoms with Crippen LogP contribution in [-0.4, -0.2) is 69.4 Å². The molecule has 0 aliphatic heterocycles. The number of phosphoric acid groups is 1. The van der Waals surface area contributed by atoms with Crippen LogP contribution in [0, 0.1) is 0 Å². The number of carbonyl (C=O) groups is 2. The number of nitrogens with one attached hydrogen (secondary N) is 1. The summed E-state index contributed by atoms with van der Waals surface area (Å²) in [5.41, 5.74) is 0. The highest BCUT2D eigenvalue weighted by molar-refractivity contribution is 7.45. The van der Waals surface area contributed by atoms with Crippen LogP contribution in [0.5, 0.6) is 0 Å². The summed E-state index contributed by atoms with van der Waals surface area (Å²) in [6.07, 6.45) is 72.9. The van der Waals surface area contributed by atoms with E-state index < -0.39 is 26.6 Å². The molecule has 0 bridgehead atoms. The van der Waals surface area contributed by atoms with E-state index >= 15 is 0 Å². The number of rotatable bonds is 58. The van der Waals surface area contributed by atoms with Crippen LogP contribution in [0.1, 0.15) is 290 Å². The molecule has 3 atom stereocenters. The minimum Gasteiger partial charge on any atom is -0.756 e. The maximum Gasteiger partial charge on any atom is 0.306 e. The second kappa shape index (κ2) is 56.7. The average molecular weight is 1100 g/mol. The third-order valence-corrected chi connectivity index (χ3v) is 15.1. The molecule has 0 aliphatic carbocycles. The second-order valence-corrected chi connectivity index (χ2v) is 24.3. The number of amides is 1. The maximum absolute atomic E-state index is 13.5. The standard InChI is InChI=1S/C67H123N2O7P/c1-7-10-13-16-19-22-25-28-30-32-33-34-35-37-39-42-45-48-51-54-57-60-67(71)76-65(58-55-52-49-46-43-40-27-24-21-18-15-12-9-3)64(63-75-77(72,73)74-62-61-69(4,5)6)68-66(70)59-56-53-50-47-44-41-38-36-31-29-26-23-20-17-14-11-8-2/h19-20,22-23,28-31,33-34,55,58,64-65H,7-18,21,24-27,32,35-54,56-57,59-63H2,1-6H3,(H-,68,70,72,73)/b22-19-,23-20-,30-28-,31-29-,34-33-,58-55+. The van der Waals surface area contributed by atoms with Gasteiger partial charge in [0, 0.05) is 12.8 Å². The molecule has 0 rings (SSSR count). The van der Waals surface area contributed by atoms with Crippen LogP contribution in [-0.2, 0) is 27.9 Å². The number of nitrogens with zero attached hydrogens (tertiary/aromatic N) is 1. The minimum atomic E-state index is -4.71. The van der Waals surface area contributed by atoms with Crippen molar-refractivity contribution in [3.63, 3.8) is 0 Å². The first-order valence-corrected chi connectivity index (χ1v) is 33.7. The molecule has 0 heterocycles. The van der Waals surface area contributed by atoms with E-state index in [0.29, 0.717) is 17.4 Å². The monoisotopic (exact) mass is 1100 g/mol. The Balaban J connectivity index is 5.27. The molecule has 1 N–H and O–H groups in total. The summed E-state index contributed by atoms with van der Waals surface area (Å²) in [4.78, 5) is 40.1. The van der Waals surface area contributed by atoms with Crippen LogP contribution in [0.2, 0.25) is 0 Å². The van der Waals surface area contributed by atoms with Crippen molar-refractivity contribution in [1.82, 2.24) is 5.32 Å². The van der Waals surface area contributed by atoms with Crippen molar-refractivity contribution in [2.75, 3.05) is 40.9 Å². The predicted molar refractivity (Wildman–Crippen MR) is 330 cm³/mol. The lowest BCUT2D eigenvalue weighted by molar-refractivity contribution is -0.870. The van der Waals surface area contributed by atoms with Gasteiger partial charge in [0.15, 0.2) is 0 Å². The molecule has 0 saturated carbocycles. The summed E-state index contributed by atoms with van der Waals surface area (Å²) in [5.74, 6) is -0.554. The molecule has 0 aromatic heterocycles. The summed E-state index contributed by atoms with van der Waals surface area (Å²) in [6, 6.07) is -0.898. The normalized spacial score (nSPS) is 14.1. The van der Waals surface area contributed by atoms with Crippen LogP contribution in [0.15, 0.2) is 72.9 Å². The van der Waals surface area contributed by atoms with Crippen molar-refractivity contribution in [2.24, 2.45) is 0 Å². The van der Waals surface area contributed by atoms with Crippen molar-refractivity contribution in [3.05, 3.63) is 72.9 Å². The largest absolute Gasteiger partial charge is 0.756 e. The molecule has 448 valence electrons. The third kappa shape index (κ3) is 57.9. The molecule has 0 aliphatic rings. The predicted octanol–water partition coefficient (Wildman–Crippen LogP) is 19.4. The number of hydrogen-bond acceptors (Lipinski definition) is 7.